The summed E-state index contributed by atoms with van der Waals surface area (Å²) in [5.74, 6) is -0.400. The lowest BCUT2D eigenvalue weighted by molar-refractivity contribution is -0.141. The van der Waals surface area contributed by atoms with Crippen LogP contribution in [0.25, 0.3) is 5.69 Å². The highest BCUT2D eigenvalue weighted by Crippen LogP contribution is 2.47. The fraction of sp³-hybridized carbons (Fsp3) is 0.545. The fourth-order valence-electron chi connectivity index (χ4n) is 4.41. The molecule has 4 rings (SSSR count). The zero-order valence-electron chi connectivity index (χ0n) is 18.2. The van der Waals surface area contributed by atoms with Gasteiger partial charge >= 0.3 is 0 Å². The van der Waals surface area contributed by atoms with Crippen molar-refractivity contribution in [2.45, 2.75) is 57.9 Å². The molecule has 0 bridgehead atoms. The van der Waals surface area contributed by atoms with Crippen molar-refractivity contribution in [2.75, 3.05) is 6.54 Å². The van der Waals surface area contributed by atoms with Crippen molar-refractivity contribution in [2.24, 2.45) is 17.1 Å². The molecule has 0 spiro atoms. The first-order valence-corrected chi connectivity index (χ1v) is 11.2. The maximum atomic E-state index is 14.3. The second-order valence-electron chi connectivity index (χ2n) is 9.24. The molecular formula is C22H28ClFN6O2. The van der Waals surface area contributed by atoms with Gasteiger partial charge in [-0.2, -0.15) is 5.10 Å². The van der Waals surface area contributed by atoms with Gasteiger partial charge in [0.25, 0.3) is 0 Å². The molecule has 1 aromatic heterocycles. The molecule has 2 amide bonds. The molecule has 172 valence electrons. The third kappa shape index (κ3) is 4.49. The number of carbonyl (C=O) groups excluding carboxylic acids is 2. The van der Waals surface area contributed by atoms with Crippen molar-refractivity contribution in [1.29, 1.82) is 0 Å². The normalized spacial score (nSPS) is 22.1. The molecule has 10 heteroatoms. The van der Waals surface area contributed by atoms with Gasteiger partial charge in [0.15, 0.2) is 0 Å². The highest BCUT2D eigenvalue weighted by Gasteiger charge is 2.49. The number of alkyl halides is 1. The number of nitrogens with two attached hydrogens (primary N) is 1. The first kappa shape index (κ1) is 22.7. The number of benzene rings is 1. The van der Waals surface area contributed by atoms with E-state index in [0.29, 0.717) is 16.6 Å². The number of amides is 2. The van der Waals surface area contributed by atoms with E-state index in [1.54, 1.807) is 29.2 Å². The van der Waals surface area contributed by atoms with Crippen LogP contribution in [0.15, 0.2) is 30.9 Å². The van der Waals surface area contributed by atoms with Gasteiger partial charge in [0.1, 0.15) is 24.9 Å². The zero-order chi connectivity index (χ0) is 23.0. The lowest BCUT2D eigenvalue weighted by atomic mass is 9.79. The maximum absolute atomic E-state index is 14.3. The van der Waals surface area contributed by atoms with Crippen LogP contribution in [0.5, 0.6) is 0 Å². The second-order valence-corrected chi connectivity index (χ2v) is 9.68. The summed E-state index contributed by atoms with van der Waals surface area (Å²) in [6.07, 6.45) is 3.73. The molecule has 1 saturated heterocycles. The van der Waals surface area contributed by atoms with E-state index in [9.17, 15) is 14.0 Å². The zero-order valence-corrected chi connectivity index (χ0v) is 18.9. The Morgan fingerprint density at radius 2 is 2.12 bits per heavy atom. The van der Waals surface area contributed by atoms with E-state index in [2.05, 4.69) is 15.4 Å². The molecule has 3 N–H and O–H groups in total. The van der Waals surface area contributed by atoms with E-state index < -0.39 is 24.2 Å². The SMILES string of the molecule is CC(C)(C1CC1)[C@@H](N)C(=O)N1C[C@H](F)CC1C(=O)NCc1cc(Cl)ccc1-n1cncn1. The second kappa shape index (κ2) is 8.78. The molecule has 2 heterocycles. The van der Waals surface area contributed by atoms with Gasteiger partial charge in [-0.25, -0.2) is 14.1 Å². The lowest BCUT2D eigenvalue weighted by Crippen LogP contribution is -2.56. The summed E-state index contributed by atoms with van der Waals surface area (Å²) < 4.78 is 15.9. The van der Waals surface area contributed by atoms with Crippen LogP contribution in [-0.4, -0.2) is 56.3 Å². The summed E-state index contributed by atoms with van der Waals surface area (Å²) in [5.41, 5.74) is 7.34. The number of aromatic nitrogens is 3. The van der Waals surface area contributed by atoms with Crippen LogP contribution in [0, 0.1) is 11.3 Å². The monoisotopic (exact) mass is 462 g/mol. The molecule has 1 aliphatic heterocycles. The third-order valence-corrected chi connectivity index (χ3v) is 6.93. The van der Waals surface area contributed by atoms with Crippen molar-refractivity contribution in [3.8, 4) is 5.69 Å². The van der Waals surface area contributed by atoms with Crippen molar-refractivity contribution < 1.29 is 14.0 Å². The highest BCUT2D eigenvalue weighted by atomic mass is 35.5. The minimum absolute atomic E-state index is 0.0420. The van der Waals surface area contributed by atoms with E-state index >= 15 is 0 Å². The molecule has 32 heavy (non-hydrogen) atoms. The van der Waals surface area contributed by atoms with Gasteiger partial charge in [0, 0.05) is 18.0 Å². The van der Waals surface area contributed by atoms with E-state index in [4.69, 9.17) is 17.3 Å². The minimum atomic E-state index is -1.26. The number of likely N-dealkylation sites (tertiary alicyclic amines) is 1. The molecule has 0 radical (unpaired) electrons. The summed E-state index contributed by atoms with van der Waals surface area (Å²) in [5, 5.41) is 7.46. The van der Waals surface area contributed by atoms with Crippen LogP contribution in [0.2, 0.25) is 5.02 Å². The lowest BCUT2D eigenvalue weighted by Gasteiger charge is -2.35. The number of nitrogens with zero attached hydrogens (tertiary/aromatic N) is 4. The van der Waals surface area contributed by atoms with Gasteiger partial charge in [-0.1, -0.05) is 25.4 Å². The molecule has 8 nitrogen and oxygen atoms in total. The average molecular weight is 463 g/mol. The van der Waals surface area contributed by atoms with Gasteiger partial charge in [-0.05, 0) is 47.9 Å². The molecule has 2 fully saturated rings. The van der Waals surface area contributed by atoms with Crippen LogP contribution < -0.4 is 11.1 Å². The average Bonchev–Trinajstić information content (AvgIpc) is 3.36. The molecule has 2 aliphatic rings. The van der Waals surface area contributed by atoms with Crippen LogP contribution in [-0.2, 0) is 16.1 Å². The van der Waals surface area contributed by atoms with Crippen LogP contribution in [0.3, 0.4) is 0 Å². The van der Waals surface area contributed by atoms with Crippen LogP contribution >= 0.6 is 11.6 Å². The Morgan fingerprint density at radius 3 is 2.78 bits per heavy atom. The Kier molecular flexibility index (Phi) is 6.22. The summed E-state index contributed by atoms with van der Waals surface area (Å²) in [6.45, 7) is 3.96. The first-order valence-electron chi connectivity index (χ1n) is 10.8. The molecule has 1 unspecified atom stereocenters. The van der Waals surface area contributed by atoms with E-state index in [-0.39, 0.29) is 30.8 Å². The quantitative estimate of drug-likeness (QED) is 0.656. The van der Waals surface area contributed by atoms with Crippen molar-refractivity contribution >= 4 is 23.4 Å². The topological polar surface area (TPSA) is 106 Å². The Bertz CT molecular complexity index is 994. The van der Waals surface area contributed by atoms with Crippen LogP contribution in [0.4, 0.5) is 4.39 Å². The summed E-state index contributed by atoms with van der Waals surface area (Å²) in [6, 6.07) is 3.55. The minimum Gasteiger partial charge on any atom is -0.350 e. The van der Waals surface area contributed by atoms with Crippen molar-refractivity contribution in [3.05, 3.63) is 41.4 Å². The molecule has 2 aromatic rings. The predicted molar refractivity (Wildman–Crippen MR) is 118 cm³/mol. The summed E-state index contributed by atoms with van der Waals surface area (Å²) >= 11 is 6.14. The van der Waals surface area contributed by atoms with Gasteiger partial charge < -0.3 is 16.0 Å². The van der Waals surface area contributed by atoms with Gasteiger partial charge in [0.05, 0.1) is 18.3 Å². The fourth-order valence-corrected chi connectivity index (χ4v) is 4.60. The number of halogens is 2. The van der Waals surface area contributed by atoms with E-state index in [0.717, 1.165) is 18.4 Å². The number of rotatable bonds is 7. The Hall–Kier alpha value is -2.52. The Balaban J connectivity index is 1.47. The van der Waals surface area contributed by atoms with Gasteiger partial charge in [-0.3, -0.25) is 9.59 Å². The Labute approximate surface area is 191 Å². The number of hydrogen-bond acceptors (Lipinski definition) is 5. The summed E-state index contributed by atoms with van der Waals surface area (Å²) in [4.78, 5) is 31.4. The van der Waals surface area contributed by atoms with Crippen molar-refractivity contribution in [3.63, 3.8) is 0 Å². The smallest absolute Gasteiger partial charge is 0.243 e. The standard InChI is InChI=1S/C22H28ClFN6O2/c1-22(2,14-3-4-14)19(25)21(32)29-10-16(24)8-18(29)20(31)27-9-13-7-15(23)5-6-17(13)30-12-26-11-28-30/h5-7,11-12,14,16,18-19H,3-4,8-10,25H2,1-2H3,(H,27,31)/t16-,18?,19+/m1/s1. The van der Waals surface area contributed by atoms with Crippen molar-refractivity contribution in [1.82, 2.24) is 25.0 Å². The largest absolute Gasteiger partial charge is 0.350 e. The van der Waals surface area contributed by atoms with E-state index in [1.165, 1.54) is 11.2 Å². The molecule has 1 aliphatic carbocycles. The number of hydrogen-bond donors (Lipinski definition) is 2. The third-order valence-electron chi connectivity index (χ3n) is 6.69. The number of carbonyl (C=O) groups is 2. The number of nitrogens with one attached hydrogen (secondary N) is 1. The molecular weight excluding hydrogens is 435 g/mol. The molecule has 1 saturated carbocycles. The molecule has 1 aromatic carbocycles. The first-order chi connectivity index (χ1) is 15.2. The predicted octanol–water partition coefficient (Wildman–Crippen LogP) is 2.24. The molecule has 3 atom stereocenters. The maximum Gasteiger partial charge on any atom is 0.243 e. The summed E-state index contributed by atoms with van der Waals surface area (Å²) in [7, 11) is 0. The van der Waals surface area contributed by atoms with Gasteiger partial charge in [-0.15, -0.1) is 0 Å². The Morgan fingerprint density at radius 1 is 1.38 bits per heavy atom. The highest BCUT2D eigenvalue weighted by molar-refractivity contribution is 6.30. The van der Waals surface area contributed by atoms with E-state index in [1.807, 2.05) is 13.8 Å². The van der Waals surface area contributed by atoms with Gasteiger partial charge in [0.2, 0.25) is 11.8 Å². The van der Waals surface area contributed by atoms with Crippen LogP contribution in [0.1, 0.15) is 38.7 Å².